The molecular formula is C12H17N3O3. The van der Waals surface area contributed by atoms with Gasteiger partial charge in [-0.05, 0) is 37.1 Å². The molecule has 6 heteroatoms. The Morgan fingerprint density at radius 2 is 2.06 bits per heavy atom. The lowest BCUT2D eigenvalue weighted by molar-refractivity contribution is -0.132. The molecule has 0 saturated heterocycles. The van der Waals surface area contributed by atoms with Crippen LogP contribution in [-0.4, -0.2) is 32.4 Å². The third-order valence-electron chi connectivity index (χ3n) is 2.35. The van der Waals surface area contributed by atoms with Gasteiger partial charge in [0.15, 0.2) is 6.73 Å². The maximum Gasteiger partial charge on any atom is 0.294 e. The second-order valence-corrected chi connectivity index (χ2v) is 3.85. The molecule has 0 saturated carbocycles. The number of nitrogens with zero attached hydrogens (tertiary/aromatic N) is 3. The monoisotopic (exact) mass is 251 g/mol. The van der Waals surface area contributed by atoms with E-state index in [0.29, 0.717) is 6.47 Å². The summed E-state index contributed by atoms with van der Waals surface area (Å²) >= 11 is 0. The number of methoxy groups -OCH3 is 1. The number of hydrogen-bond acceptors (Lipinski definition) is 5. The first kappa shape index (κ1) is 14.0. The van der Waals surface area contributed by atoms with Crippen LogP contribution >= 0.6 is 0 Å². The second kappa shape index (κ2) is 6.58. The van der Waals surface area contributed by atoms with E-state index in [9.17, 15) is 4.79 Å². The van der Waals surface area contributed by atoms with E-state index in [2.05, 4.69) is 15.1 Å². The molecule has 1 rings (SSSR count). The van der Waals surface area contributed by atoms with Crippen molar-refractivity contribution in [3.05, 3.63) is 23.3 Å². The summed E-state index contributed by atoms with van der Waals surface area (Å²) in [5, 5.41) is 9.44. The summed E-state index contributed by atoms with van der Waals surface area (Å²) in [4.78, 5) is 10.0. The number of ether oxygens (including phenoxy) is 2. The highest BCUT2D eigenvalue weighted by Crippen LogP contribution is 2.28. The summed E-state index contributed by atoms with van der Waals surface area (Å²) in [6.07, 6.45) is 0. The first-order valence-electron chi connectivity index (χ1n) is 5.41. The summed E-state index contributed by atoms with van der Waals surface area (Å²) in [5.41, 5.74) is 2.71. The first-order valence-corrected chi connectivity index (χ1v) is 5.41. The van der Waals surface area contributed by atoms with E-state index in [1.165, 1.54) is 5.01 Å². The highest BCUT2D eigenvalue weighted by Gasteiger charge is 2.04. The minimum absolute atomic E-state index is 0.0706. The molecule has 0 aliphatic heterocycles. The Bertz CT molecular complexity index is 446. The lowest BCUT2D eigenvalue weighted by Crippen LogP contribution is -2.13. The third-order valence-corrected chi connectivity index (χ3v) is 2.35. The lowest BCUT2D eigenvalue weighted by Gasteiger charge is -2.10. The predicted molar refractivity (Wildman–Crippen MR) is 66.8 cm³/mol. The molecule has 0 spiro atoms. The standard InChI is InChI=1S/C12H17N3O3/c1-9-6-12(17-4)10(2)5-11(9)13-14-15(3)7-18-8-16/h5-6,8H,7H2,1-4H3. The SMILES string of the molecule is COc1cc(C)c(N=NN(C)COC=O)cc1C. The Kier molecular flexibility index (Phi) is 5.10. The smallest absolute Gasteiger partial charge is 0.294 e. The van der Waals surface area contributed by atoms with Gasteiger partial charge in [-0.2, -0.15) is 0 Å². The van der Waals surface area contributed by atoms with E-state index in [-0.39, 0.29) is 6.73 Å². The van der Waals surface area contributed by atoms with Gasteiger partial charge in [-0.3, -0.25) is 4.79 Å². The molecule has 1 aromatic carbocycles. The molecule has 0 bridgehead atoms. The summed E-state index contributed by atoms with van der Waals surface area (Å²) in [6.45, 7) is 4.31. The number of carbonyl (C=O) groups excluding carboxylic acids is 1. The zero-order chi connectivity index (χ0) is 13.5. The van der Waals surface area contributed by atoms with E-state index >= 15 is 0 Å². The highest BCUT2D eigenvalue weighted by molar-refractivity contribution is 5.52. The maximum absolute atomic E-state index is 10.0. The van der Waals surface area contributed by atoms with Crippen molar-refractivity contribution < 1.29 is 14.3 Å². The molecule has 0 unspecified atom stereocenters. The van der Waals surface area contributed by atoms with Crippen LogP contribution in [-0.2, 0) is 9.53 Å². The molecule has 1 aromatic rings. The number of benzene rings is 1. The van der Waals surface area contributed by atoms with Crippen LogP contribution in [0.4, 0.5) is 5.69 Å². The van der Waals surface area contributed by atoms with Gasteiger partial charge in [-0.25, -0.2) is 5.01 Å². The van der Waals surface area contributed by atoms with E-state index in [1.54, 1.807) is 14.2 Å². The van der Waals surface area contributed by atoms with Gasteiger partial charge in [0, 0.05) is 7.05 Å². The van der Waals surface area contributed by atoms with E-state index in [1.807, 2.05) is 26.0 Å². The van der Waals surface area contributed by atoms with E-state index in [4.69, 9.17) is 4.74 Å². The van der Waals surface area contributed by atoms with E-state index < -0.39 is 0 Å². The van der Waals surface area contributed by atoms with Gasteiger partial charge < -0.3 is 9.47 Å². The van der Waals surface area contributed by atoms with Crippen molar-refractivity contribution in [1.29, 1.82) is 0 Å². The van der Waals surface area contributed by atoms with Gasteiger partial charge in [-0.15, -0.1) is 5.11 Å². The minimum atomic E-state index is 0.0706. The molecule has 0 radical (unpaired) electrons. The molecule has 98 valence electrons. The van der Waals surface area contributed by atoms with Crippen LogP contribution in [0.2, 0.25) is 0 Å². The summed E-state index contributed by atoms with van der Waals surface area (Å²) in [5.74, 6) is 0.823. The molecule has 0 aliphatic carbocycles. The van der Waals surface area contributed by atoms with Crippen molar-refractivity contribution in [1.82, 2.24) is 5.01 Å². The molecule has 0 aromatic heterocycles. The van der Waals surface area contributed by atoms with Gasteiger partial charge in [0.1, 0.15) is 5.75 Å². The normalized spacial score (nSPS) is 10.4. The molecule has 0 atom stereocenters. The second-order valence-electron chi connectivity index (χ2n) is 3.85. The summed E-state index contributed by atoms with van der Waals surface area (Å²) < 4.78 is 9.76. The van der Waals surface area contributed by atoms with Gasteiger partial charge in [0.05, 0.1) is 12.8 Å². The molecule has 0 heterocycles. The fourth-order valence-electron chi connectivity index (χ4n) is 1.39. The van der Waals surface area contributed by atoms with Crippen LogP contribution < -0.4 is 4.74 Å². The molecular weight excluding hydrogens is 234 g/mol. The Morgan fingerprint density at radius 3 is 2.67 bits per heavy atom. The van der Waals surface area contributed by atoms with Gasteiger partial charge in [0.2, 0.25) is 0 Å². The van der Waals surface area contributed by atoms with Crippen LogP contribution in [0.15, 0.2) is 22.5 Å². The van der Waals surface area contributed by atoms with Crippen LogP contribution in [0.3, 0.4) is 0 Å². The Labute approximate surface area is 106 Å². The number of hydrogen-bond donors (Lipinski definition) is 0. The average Bonchev–Trinajstić information content (AvgIpc) is 2.36. The molecule has 0 aliphatic rings. The van der Waals surface area contributed by atoms with Crippen molar-refractivity contribution in [3.63, 3.8) is 0 Å². The van der Waals surface area contributed by atoms with E-state index in [0.717, 1.165) is 22.6 Å². The van der Waals surface area contributed by atoms with Crippen LogP contribution in [0.1, 0.15) is 11.1 Å². The van der Waals surface area contributed by atoms with Crippen LogP contribution in [0.25, 0.3) is 0 Å². The van der Waals surface area contributed by atoms with Crippen molar-refractivity contribution >= 4 is 12.2 Å². The molecule has 0 amide bonds. The topological polar surface area (TPSA) is 63.5 Å². The molecule has 6 nitrogen and oxygen atoms in total. The van der Waals surface area contributed by atoms with Gasteiger partial charge in [-0.1, -0.05) is 5.22 Å². The lowest BCUT2D eigenvalue weighted by atomic mass is 10.1. The average molecular weight is 251 g/mol. The fourth-order valence-corrected chi connectivity index (χ4v) is 1.39. The highest BCUT2D eigenvalue weighted by atomic mass is 16.5. The zero-order valence-electron chi connectivity index (χ0n) is 11.0. The van der Waals surface area contributed by atoms with Gasteiger partial charge >= 0.3 is 0 Å². The molecule has 0 N–H and O–H groups in total. The van der Waals surface area contributed by atoms with Crippen molar-refractivity contribution in [2.45, 2.75) is 13.8 Å². The Balaban J connectivity index is 2.81. The molecule has 0 fully saturated rings. The minimum Gasteiger partial charge on any atom is -0.496 e. The maximum atomic E-state index is 10.0. The Morgan fingerprint density at radius 1 is 1.33 bits per heavy atom. The van der Waals surface area contributed by atoms with Crippen molar-refractivity contribution in [2.24, 2.45) is 10.3 Å². The fraction of sp³-hybridized carbons (Fsp3) is 0.417. The molecule has 18 heavy (non-hydrogen) atoms. The first-order chi connectivity index (χ1) is 8.58. The predicted octanol–water partition coefficient (Wildman–Crippen LogP) is 2.37. The van der Waals surface area contributed by atoms with Crippen LogP contribution in [0.5, 0.6) is 5.75 Å². The quantitative estimate of drug-likeness (QED) is 0.337. The summed E-state index contributed by atoms with van der Waals surface area (Å²) in [7, 11) is 3.30. The number of rotatable bonds is 6. The Hall–Kier alpha value is -2.11. The van der Waals surface area contributed by atoms with Gasteiger partial charge in [0.25, 0.3) is 6.47 Å². The number of carbonyl (C=O) groups is 1. The van der Waals surface area contributed by atoms with Crippen molar-refractivity contribution in [2.75, 3.05) is 20.9 Å². The largest absolute Gasteiger partial charge is 0.496 e. The zero-order valence-corrected chi connectivity index (χ0v) is 11.0. The summed E-state index contributed by atoms with van der Waals surface area (Å²) in [6, 6.07) is 3.80. The third kappa shape index (κ3) is 3.73. The van der Waals surface area contributed by atoms with Crippen LogP contribution in [0, 0.1) is 13.8 Å². The van der Waals surface area contributed by atoms with Crippen molar-refractivity contribution in [3.8, 4) is 5.75 Å². The number of aryl methyl sites for hydroxylation is 2.